The molecule has 2 aromatic carbocycles. The van der Waals surface area contributed by atoms with Gasteiger partial charge in [-0.15, -0.1) is 0 Å². The normalized spacial score (nSPS) is 11.5. The predicted octanol–water partition coefficient (Wildman–Crippen LogP) is 6.14. The third kappa shape index (κ3) is 4.20. The average Bonchev–Trinajstić information content (AvgIpc) is 3.04. The van der Waals surface area contributed by atoms with Crippen molar-refractivity contribution < 1.29 is 22.4 Å². The van der Waals surface area contributed by atoms with Crippen LogP contribution in [0.2, 0.25) is 0 Å². The van der Waals surface area contributed by atoms with Crippen molar-refractivity contribution in [2.24, 2.45) is 0 Å². The number of aryl methyl sites for hydroxylation is 1. The summed E-state index contributed by atoms with van der Waals surface area (Å²) < 4.78 is 54.4. The molecule has 4 aromatic rings. The molecule has 0 atom stereocenters. The molecule has 0 saturated heterocycles. The summed E-state index contributed by atoms with van der Waals surface area (Å²) >= 11 is 0. The zero-order chi connectivity index (χ0) is 22.2. The fraction of sp³-hybridized carbons (Fsp3) is 0.0909. The van der Waals surface area contributed by atoms with Gasteiger partial charge in [-0.3, -0.25) is 4.98 Å². The van der Waals surface area contributed by atoms with Crippen molar-refractivity contribution in [1.29, 1.82) is 0 Å². The smallest absolute Gasteiger partial charge is 0.314 e. The zero-order valence-electron chi connectivity index (χ0n) is 16.2. The molecule has 5 nitrogen and oxygen atoms in total. The third-order valence-electron chi connectivity index (χ3n) is 4.71. The highest BCUT2D eigenvalue weighted by Crippen LogP contribution is 2.32. The second-order valence-electron chi connectivity index (χ2n) is 6.87. The van der Waals surface area contributed by atoms with E-state index in [0.29, 0.717) is 23.9 Å². The number of hydrogen-bond acceptors (Lipinski definition) is 2. The van der Waals surface area contributed by atoms with Gasteiger partial charge in [-0.25, -0.2) is 9.18 Å². The molecule has 2 aromatic heterocycles. The Hall–Kier alpha value is -3.88. The highest BCUT2D eigenvalue weighted by atomic mass is 19.4. The quantitative estimate of drug-likeness (QED) is 0.385. The summed E-state index contributed by atoms with van der Waals surface area (Å²) in [5.41, 5.74) is 1.59. The first-order valence-electron chi connectivity index (χ1n) is 9.19. The minimum absolute atomic E-state index is 0.407. The fourth-order valence-electron chi connectivity index (χ4n) is 3.35. The molecule has 0 radical (unpaired) electrons. The van der Waals surface area contributed by atoms with Crippen molar-refractivity contribution in [2.75, 3.05) is 10.6 Å². The van der Waals surface area contributed by atoms with Crippen LogP contribution in [0, 0.1) is 12.7 Å². The molecule has 0 saturated carbocycles. The maximum absolute atomic E-state index is 13.9. The molecule has 2 N–H and O–H groups in total. The van der Waals surface area contributed by atoms with E-state index in [9.17, 15) is 22.4 Å². The molecule has 0 unspecified atom stereocenters. The van der Waals surface area contributed by atoms with E-state index in [1.54, 1.807) is 24.5 Å². The number of halogens is 4. The number of rotatable bonds is 3. The lowest BCUT2D eigenvalue weighted by Gasteiger charge is -2.12. The average molecular weight is 428 g/mol. The molecule has 0 fully saturated rings. The number of alkyl halides is 3. The number of pyridine rings is 1. The summed E-state index contributed by atoms with van der Waals surface area (Å²) in [6.45, 7) is 1.94. The van der Waals surface area contributed by atoms with Crippen molar-refractivity contribution in [3.8, 4) is 5.69 Å². The number of carbonyl (C=O) groups excluding carboxylic acids is 1. The molecule has 4 rings (SSSR count). The van der Waals surface area contributed by atoms with Gasteiger partial charge in [0.1, 0.15) is 5.82 Å². The Morgan fingerprint density at radius 3 is 2.42 bits per heavy atom. The Morgan fingerprint density at radius 1 is 0.968 bits per heavy atom. The van der Waals surface area contributed by atoms with Crippen LogP contribution in [0.1, 0.15) is 11.3 Å². The highest BCUT2D eigenvalue weighted by molar-refractivity contribution is 6.01. The minimum Gasteiger partial charge on any atom is -0.314 e. The van der Waals surface area contributed by atoms with Crippen LogP contribution in [-0.2, 0) is 6.18 Å². The van der Waals surface area contributed by atoms with Crippen LogP contribution in [-0.4, -0.2) is 15.6 Å². The summed E-state index contributed by atoms with van der Waals surface area (Å²) in [5.74, 6) is -0.969. The standard InChI is InChI=1S/C22H16F4N4O/c1-13-10-14-11-16(3-5-20(14)30(13)17-6-8-27-9-7-17)28-21(31)29-19-12-15(22(24,25)26)2-4-18(19)23/h2-12H,1H3,(H2,28,29,31). The van der Waals surface area contributed by atoms with Crippen molar-refractivity contribution in [1.82, 2.24) is 9.55 Å². The number of urea groups is 1. The molecule has 0 aliphatic heterocycles. The number of hydrogen-bond donors (Lipinski definition) is 2. The summed E-state index contributed by atoms with van der Waals surface area (Å²) in [6.07, 6.45) is -1.27. The number of fused-ring (bicyclic) bond motifs is 1. The lowest BCUT2D eigenvalue weighted by Crippen LogP contribution is -2.20. The second-order valence-corrected chi connectivity index (χ2v) is 6.87. The van der Waals surface area contributed by atoms with Crippen LogP contribution >= 0.6 is 0 Å². The molecular weight excluding hydrogens is 412 g/mol. The minimum atomic E-state index is -4.65. The molecule has 9 heteroatoms. The fourth-order valence-corrected chi connectivity index (χ4v) is 3.35. The Balaban J connectivity index is 1.56. The lowest BCUT2D eigenvalue weighted by molar-refractivity contribution is -0.137. The van der Waals surface area contributed by atoms with Crippen molar-refractivity contribution in [3.63, 3.8) is 0 Å². The van der Waals surface area contributed by atoms with Crippen molar-refractivity contribution in [3.05, 3.63) is 84.1 Å². The van der Waals surface area contributed by atoms with Gasteiger partial charge >= 0.3 is 12.2 Å². The van der Waals surface area contributed by atoms with Crippen molar-refractivity contribution in [2.45, 2.75) is 13.1 Å². The molecule has 31 heavy (non-hydrogen) atoms. The summed E-state index contributed by atoms with van der Waals surface area (Å²) in [4.78, 5) is 16.3. The first-order valence-corrected chi connectivity index (χ1v) is 9.19. The molecule has 0 spiro atoms. The van der Waals surface area contributed by atoms with Crippen LogP contribution in [0.25, 0.3) is 16.6 Å². The molecule has 2 heterocycles. The van der Waals surface area contributed by atoms with Gasteiger partial charge < -0.3 is 15.2 Å². The number of amides is 2. The third-order valence-corrected chi connectivity index (χ3v) is 4.71. The van der Waals surface area contributed by atoms with E-state index >= 15 is 0 Å². The van der Waals surface area contributed by atoms with Gasteiger partial charge in [-0.1, -0.05) is 0 Å². The molecule has 0 aliphatic carbocycles. The van der Waals surface area contributed by atoms with E-state index in [4.69, 9.17) is 0 Å². The van der Waals surface area contributed by atoms with Gasteiger partial charge in [0.15, 0.2) is 0 Å². The number of benzene rings is 2. The SMILES string of the molecule is Cc1cc2cc(NC(=O)Nc3cc(C(F)(F)F)ccc3F)ccc2n1-c1ccncc1. The van der Waals surface area contributed by atoms with Crippen LogP contribution in [0.5, 0.6) is 0 Å². The van der Waals surface area contributed by atoms with E-state index in [-0.39, 0.29) is 0 Å². The highest BCUT2D eigenvalue weighted by Gasteiger charge is 2.31. The first kappa shape index (κ1) is 20.4. The van der Waals surface area contributed by atoms with Gasteiger partial charge in [-0.05, 0) is 61.5 Å². The van der Waals surface area contributed by atoms with Gasteiger partial charge in [-0.2, -0.15) is 13.2 Å². The van der Waals surface area contributed by atoms with Gasteiger partial charge in [0.2, 0.25) is 0 Å². The predicted molar refractivity (Wildman–Crippen MR) is 110 cm³/mol. The molecular formula is C22H16F4N4O. The summed E-state index contributed by atoms with van der Waals surface area (Å²) in [5, 5.41) is 5.49. The number of nitrogens with one attached hydrogen (secondary N) is 2. The monoisotopic (exact) mass is 428 g/mol. The Labute approximate surface area is 174 Å². The first-order chi connectivity index (χ1) is 14.7. The van der Waals surface area contributed by atoms with Gasteiger partial charge in [0.25, 0.3) is 0 Å². The maximum atomic E-state index is 13.9. The number of anilines is 2. The van der Waals surface area contributed by atoms with Crippen molar-refractivity contribution >= 4 is 28.3 Å². The molecule has 158 valence electrons. The Bertz CT molecular complexity index is 1270. The zero-order valence-corrected chi connectivity index (χ0v) is 16.2. The van der Waals surface area contributed by atoms with E-state index in [0.717, 1.165) is 22.3 Å². The maximum Gasteiger partial charge on any atom is 0.416 e. The number of aromatic nitrogens is 2. The van der Waals surface area contributed by atoms with Gasteiger partial charge in [0.05, 0.1) is 16.8 Å². The number of nitrogens with zero attached hydrogens (tertiary/aromatic N) is 2. The van der Waals surface area contributed by atoms with E-state index in [1.165, 1.54) is 0 Å². The van der Waals surface area contributed by atoms with Crippen LogP contribution < -0.4 is 10.6 Å². The summed E-state index contributed by atoms with van der Waals surface area (Å²) in [6, 6.07) is 11.8. The molecule has 0 bridgehead atoms. The molecule has 2 amide bonds. The van der Waals surface area contributed by atoms with E-state index in [1.807, 2.05) is 35.8 Å². The summed E-state index contributed by atoms with van der Waals surface area (Å²) in [7, 11) is 0. The van der Waals surface area contributed by atoms with Crippen LogP contribution in [0.3, 0.4) is 0 Å². The van der Waals surface area contributed by atoms with E-state index < -0.39 is 29.3 Å². The van der Waals surface area contributed by atoms with E-state index in [2.05, 4.69) is 15.6 Å². The topological polar surface area (TPSA) is 59.0 Å². The second kappa shape index (κ2) is 7.75. The lowest BCUT2D eigenvalue weighted by atomic mass is 10.2. The van der Waals surface area contributed by atoms with Crippen LogP contribution in [0.15, 0.2) is 67.0 Å². The Morgan fingerprint density at radius 2 is 1.71 bits per heavy atom. The van der Waals surface area contributed by atoms with Crippen LogP contribution in [0.4, 0.5) is 33.7 Å². The largest absolute Gasteiger partial charge is 0.416 e. The van der Waals surface area contributed by atoms with Gasteiger partial charge in [0, 0.05) is 34.8 Å². The molecule has 0 aliphatic rings. The number of carbonyl (C=O) groups is 1. The Kier molecular flexibility index (Phi) is 5.10.